The van der Waals surface area contributed by atoms with Gasteiger partial charge in [0.2, 0.25) is 0 Å². The van der Waals surface area contributed by atoms with Crippen molar-refractivity contribution in [1.82, 2.24) is 4.90 Å². The number of benzene rings is 2. The van der Waals surface area contributed by atoms with Crippen LogP contribution in [0.2, 0.25) is 0 Å². The molecule has 0 radical (unpaired) electrons. The number of hydrogen-bond donors (Lipinski definition) is 2. The topological polar surface area (TPSA) is 43.7 Å². The first-order chi connectivity index (χ1) is 11.7. The van der Waals surface area contributed by atoms with Crippen molar-refractivity contribution in [1.29, 1.82) is 0 Å². The van der Waals surface area contributed by atoms with Gasteiger partial charge >= 0.3 is 0 Å². The van der Waals surface area contributed by atoms with Crippen LogP contribution in [-0.4, -0.2) is 34.7 Å². The van der Waals surface area contributed by atoms with Crippen molar-refractivity contribution in [3.05, 3.63) is 59.7 Å². The lowest BCUT2D eigenvalue weighted by molar-refractivity contribution is 0.274. The van der Waals surface area contributed by atoms with Crippen LogP contribution >= 0.6 is 17.0 Å². The fourth-order valence-corrected chi connectivity index (χ4v) is 2.86. The lowest BCUT2D eigenvalue weighted by Gasteiger charge is -2.22. The van der Waals surface area contributed by atoms with Crippen LogP contribution in [0, 0.1) is 0 Å². The minimum Gasteiger partial charge on any atom is -0.504 e. The number of aromatic hydroxyl groups is 2. The van der Waals surface area contributed by atoms with Crippen molar-refractivity contribution in [3.8, 4) is 11.5 Å². The van der Waals surface area contributed by atoms with E-state index in [4.69, 9.17) is 0 Å². The molecule has 0 bridgehead atoms. The summed E-state index contributed by atoms with van der Waals surface area (Å²) in [6, 6.07) is 15.7. The lowest BCUT2D eigenvalue weighted by atomic mass is 10.1. The van der Waals surface area contributed by atoms with Crippen molar-refractivity contribution in [2.24, 2.45) is 0 Å². The number of unbranched alkanes of at least 4 members (excludes halogenated alkanes) is 2. The van der Waals surface area contributed by atoms with Crippen LogP contribution in [-0.2, 0) is 12.8 Å². The zero-order valence-corrected chi connectivity index (χ0v) is 16.7. The summed E-state index contributed by atoms with van der Waals surface area (Å²) < 4.78 is 0. The van der Waals surface area contributed by atoms with E-state index < -0.39 is 0 Å². The molecule has 2 rings (SSSR count). The summed E-state index contributed by atoms with van der Waals surface area (Å²) in [4.78, 5) is 2.51. The van der Waals surface area contributed by atoms with Gasteiger partial charge in [0.05, 0.1) is 0 Å². The summed E-state index contributed by atoms with van der Waals surface area (Å²) >= 11 is 0. The third-order valence-electron chi connectivity index (χ3n) is 4.39. The van der Waals surface area contributed by atoms with E-state index in [1.54, 1.807) is 12.1 Å². The van der Waals surface area contributed by atoms with Gasteiger partial charge in [0, 0.05) is 13.1 Å². The molecule has 3 nitrogen and oxygen atoms in total. The molecule has 0 heterocycles. The highest BCUT2D eigenvalue weighted by molar-refractivity contribution is 8.93. The van der Waals surface area contributed by atoms with Crippen LogP contribution in [0.25, 0.3) is 0 Å². The Balaban J connectivity index is 0.00000312. The standard InChI is InChI=1S/C21H29NO2.BrH/c1-2-3-7-14-22(15-12-18-8-5-4-6-9-18)16-13-19-10-11-20(23)21(24)17-19;/h4-6,8-11,17,23-24H,2-3,7,12-16H2,1H3;1H. The van der Waals surface area contributed by atoms with Crippen LogP contribution in [0.5, 0.6) is 11.5 Å². The van der Waals surface area contributed by atoms with Gasteiger partial charge in [-0.2, -0.15) is 0 Å². The Bertz CT molecular complexity index is 604. The van der Waals surface area contributed by atoms with Crippen LogP contribution in [0.1, 0.15) is 37.3 Å². The zero-order valence-electron chi connectivity index (χ0n) is 15.0. The summed E-state index contributed by atoms with van der Waals surface area (Å²) in [7, 11) is 0. The fourth-order valence-electron chi connectivity index (χ4n) is 2.86. The molecule has 2 aromatic rings. The maximum absolute atomic E-state index is 9.63. The van der Waals surface area contributed by atoms with E-state index in [9.17, 15) is 10.2 Å². The number of hydrogen-bond acceptors (Lipinski definition) is 3. The van der Waals surface area contributed by atoms with Crippen molar-refractivity contribution >= 4 is 17.0 Å². The molecule has 0 unspecified atom stereocenters. The number of phenols is 2. The van der Waals surface area contributed by atoms with Gasteiger partial charge in [-0.15, -0.1) is 17.0 Å². The monoisotopic (exact) mass is 407 g/mol. The molecule has 0 aromatic heterocycles. The van der Waals surface area contributed by atoms with Crippen LogP contribution in [0.3, 0.4) is 0 Å². The Hall–Kier alpha value is -1.52. The summed E-state index contributed by atoms with van der Waals surface area (Å²) in [5.74, 6) is -0.0862. The first kappa shape index (κ1) is 21.5. The second-order valence-electron chi connectivity index (χ2n) is 6.36. The van der Waals surface area contributed by atoms with E-state index in [1.165, 1.54) is 24.8 Å². The van der Waals surface area contributed by atoms with E-state index >= 15 is 0 Å². The van der Waals surface area contributed by atoms with Gasteiger partial charge in [-0.25, -0.2) is 0 Å². The first-order valence-electron chi connectivity index (χ1n) is 8.96. The number of halogens is 1. The van der Waals surface area contributed by atoms with Gasteiger partial charge in [-0.3, -0.25) is 0 Å². The fraction of sp³-hybridized carbons (Fsp3) is 0.429. The first-order valence-corrected chi connectivity index (χ1v) is 8.96. The summed E-state index contributed by atoms with van der Waals surface area (Å²) in [5, 5.41) is 19.0. The number of rotatable bonds is 10. The third-order valence-corrected chi connectivity index (χ3v) is 4.39. The average molecular weight is 408 g/mol. The van der Waals surface area contributed by atoms with Crippen LogP contribution in [0.4, 0.5) is 0 Å². The Morgan fingerprint density at radius 3 is 2.08 bits per heavy atom. The molecule has 25 heavy (non-hydrogen) atoms. The normalized spacial score (nSPS) is 10.6. The highest BCUT2D eigenvalue weighted by atomic mass is 79.9. The molecule has 2 aromatic carbocycles. The van der Waals surface area contributed by atoms with E-state index in [-0.39, 0.29) is 28.5 Å². The second kappa shape index (κ2) is 11.9. The second-order valence-corrected chi connectivity index (χ2v) is 6.36. The van der Waals surface area contributed by atoms with Crippen molar-refractivity contribution < 1.29 is 10.2 Å². The highest BCUT2D eigenvalue weighted by Gasteiger charge is 2.07. The Morgan fingerprint density at radius 1 is 0.760 bits per heavy atom. The highest BCUT2D eigenvalue weighted by Crippen LogP contribution is 2.25. The summed E-state index contributed by atoms with van der Waals surface area (Å²) in [5.41, 5.74) is 2.44. The molecule has 0 aliphatic heterocycles. The van der Waals surface area contributed by atoms with Gasteiger partial charge in [-0.05, 0) is 49.1 Å². The van der Waals surface area contributed by atoms with E-state index in [0.29, 0.717) is 0 Å². The summed E-state index contributed by atoms with van der Waals surface area (Å²) in [6.45, 7) is 5.37. The van der Waals surface area contributed by atoms with Gasteiger partial charge in [-0.1, -0.05) is 56.2 Å². The number of phenolic OH excluding ortho intramolecular Hbond substituents is 2. The zero-order chi connectivity index (χ0) is 17.2. The quantitative estimate of drug-likeness (QED) is 0.432. The average Bonchev–Trinajstić information content (AvgIpc) is 2.61. The van der Waals surface area contributed by atoms with Gasteiger partial charge in [0.25, 0.3) is 0 Å². The molecule has 0 saturated carbocycles. The van der Waals surface area contributed by atoms with Crippen LogP contribution < -0.4 is 0 Å². The molecule has 0 spiro atoms. The van der Waals surface area contributed by atoms with Crippen molar-refractivity contribution in [3.63, 3.8) is 0 Å². The molecule has 4 heteroatoms. The largest absolute Gasteiger partial charge is 0.504 e. The molecular weight excluding hydrogens is 378 g/mol. The maximum atomic E-state index is 9.63. The predicted octanol–water partition coefficient (Wildman–Crippen LogP) is 4.95. The molecule has 0 atom stereocenters. The molecule has 0 aliphatic rings. The molecule has 2 N–H and O–H groups in total. The lowest BCUT2D eigenvalue weighted by Crippen LogP contribution is -2.29. The van der Waals surface area contributed by atoms with E-state index in [0.717, 1.165) is 38.0 Å². The smallest absolute Gasteiger partial charge is 0.157 e. The molecule has 0 saturated heterocycles. The molecular formula is C21H30BrNO2. The maximum Gasteiger partial charge on any atom is 0.157 e. The SMILES string of the molecule is Br.CCCCCN(CCc1ccccc1)CCc1ccc(O)c(O)c1. The van der Waals surface area contributed by atoms with E-state index in [2.05, 4.69) is 42.2 Å². The molecule has 0 aliphatic carbocycles. The minimum atomic E-state index is -0.0531. The van der Waals surface area contributed by atoms with Gasteiger partial charge in [0.15, 0.2) is 11.5 Å². The Morgan fingerprint density at radius 2 is 1.44 bits per heavy atom. The Kier molecular flexibility index (Phi) is 10.3. The Labute approximate surface area is 162 Å². The summed E-state index contributed by atoms with van der Waals surface area (Å²) in [6.07, 6.45) is 5.68. The van der Waals surface area contributed by atoms with Crippen molar-refractivity contribution in [2.75, 3.05) is 19.6 Å². The number of nitrogens with zero attached hydrogens (tertiary/aromatic N) is 1. The third kappa shape index (κ3) is 7.93. The predicted molar refractivity (Wildman–Crippen MR) is 110 cm³/mol. The molecule has 0 fully saturated rings. The van der Waals surface area contributed by atoms with Crippen LogP contribution in [0.15, 0.2) is 48.5 Å². The van der Waals surface area contributed by atoms with Crippen molar-refractivity contribution in [2.45, 2.75) is 39.0 Å². The van der Waals surface area contributed by atoms with Gasteiger partial charge < -0.3 is 15.1 Å². The van der Waals surface area contributed by atoms with Gasteiger partial charge in [0.1, 0.15) is 0 Å². The molecule has 0 amide bonds. The minimum absolute atomic E-state index is 0. The molecule has 138 valence electrons. The van der Waals surface area contributed by atoms with E-state index in [1.807, 2.05) is 6.07 Å².